The zero-order chi connectivity index (χ0) is 23.5. The Balaban J connectivity index is 1.36. The van der Waals surface area contributed by atoms with E-state index in [0.29, 0.717) is 29.4 Å². The number of carbonyl (C=O) groups is 1. The van der Waals surface area contributed by atoms with Crippen LogP contribution in [0.25, 0.3) is 6.08 Å². The highest BCUT2D eigenvalue weighted by Crippen LogP contribution is 2.38. The summed E-state index contributed by atoms with van der Waals surface area (Å²) in [6.07, 6.45) is 5.20. The van der Waals surface area contributed by atoms with E-state index in [1.807, 2.05) is 6.07 Å². The summed E-state index contributed by atoms with van der Waals surface area (Å²) in [4.78, 5) is 17.4. The van der Waals surface area contributed by atoms with Gasteiger partial charge in [0.15, 0.2) is 11.5 Å². The lowest BCUT2D eigenvalue weighted by Gasteiger charge is -2.34. The minimum Gasteiger partial charge on any atom is -0.493 e. The molecule has 7 nitrogen and oxygen atoms in total. The Morgan fingerprint density at radius 2 is 1.55 bits per heavy atom. The van der Waals surface area contributed by atoms with Crippen molar-refractivity contribution in [2.75, 3.05) is 67.2 Å². The van der Waals surface area contributed by atoms with Crippen LogP contribution in [0.5, 0.6) is 17.2 Å². The van der Waals surface area contributed by atoms with Crippen LogP contribution in [0.3, 0.4) is 0 Å². The number of esters is 1. The normalized spacial score (nSPS) is 14.9. The van der Waals surface area contributed by atoms with Crippen LogP contribution in [-0.4, -0.2) is 83.0 Å². The fourth-order valence-electron chi connectivity index (χ4n) is 3.83. The Bertz CT molecular complexity index is 883. The number of hydrogen-bond acceptors (Lipinski definition) is 7. The highest BCUT2D eigenvalue weighted by molar-refractivity contribution is 5.91. The van der Waals surface area contributed by atoms with Crippen LogP contribution in [-0.2, 0) is 4.74 Å². The maximum absolute atomic E-state index is 12.5. The number of nitrogens with zero attached hydrogens (tertiary/aromatic N) is 2. The standard InChI is InChI=1S/C26H34N2O5/c1-30-23-19-22(20-24(31-2)25(23)32-3)26(29)33-18-8-13-28-16-14-27(15-17-28)12-7-11-21-9-5-4-6-10-21/h4-7,9-11,19-20H,8,12-18H2,1-3H3. The van der Waals surface area contributed by atoms with E-state index in [9.17, 15) is 4.79 Å². The fraction of sp³-hybridized carbons (Fsp3) is 0.423. The topological polar surface area (TPSA) is 60.5 Å². The Hall–Kier alpha value is -3.03. The van der Waals surface area contributed by atoms with Crippen LogP contribution >= 0.6 is 0 Å². The van der Waals surface area contributed by atoms with Gasteiger partial charge in [-0.2, -0.15) is 0 Å². The van der Waals surface area contributed by atoms with E-state index in [0.717, 1.165) is 45.7 Å². The first-order valence-corrected chi connectivity index (χ1v) is 11.3. The van der Waals surface area contributed by atoms with Gasteiger partial charge in [-0.3, -0.25) is 4.90 Å². The second kappa shape index (κ2) is 12.9. The van der Waals surface area contributed by atoms with Crippen molar-refractivity contribution < 1.29 is 23.7 Å². The smallest absolute Gasteiger partial charge is 0.338 e. The maximum Gasteiger partial charge on any atom is 0.338 e. The number of piperazine rings is 1. The van der Waals surface area contributed by atoms with E-state index in [-0.39, 0.29) is 0 Å². The van der Waals surface area contributed by atoms with Gasteiger partial charge in [0.25, 0.3) is 0 Å². The molecule has 2 aromatic rings. The van der Waals surface area contributed by atoms with Gasteiger partial charge in [-0.05, 0) is 24.1 Å². The van der Waals surface area contributed by atoms with Crippen LogP contribution in [0.2, 0.25) is 0 Å². The minimum atomic E-state index is -0.399. The number of hydrogen-bond donors (Lipinski definition) is 0. The fourth-order valence-corrected chi connectivity index (χ4v) is 3.83. The number of carbonyl (C=O) groups excluding carboxylic acids is 1. The molecule has 1 aliphatic rings. The molecule has 1 heterocycles. The number of methoxy groups -OCH3 is 3. The van der Waals surface area contributed by atoms with E-state index in [2.05, 4.69) is 46.2 Å². The predicted octanol–water partition coefficient (Wildman–Crippen LogP) is 3.59. The summed E-state index contributed by atoms with van der Waals surface area (Å²) in [5.74, 6) is 0.913. The summed E-state index contributed by atoms with van der Waals surface area (Å²) in [6.45, 7) is 6.40. The Morgan fingerprint density at radius 1 is 0.909 bits per heavy atom. The lowest BCUT2D eigenvalue weighted by atomic mass is 10.2. The van der Waals surface area contributed by atoms with Crippen LogP contribution < -0.4 is 14.2 Å². The third-order valence-electron chi connectivity index (χ3n) is 5.69. The van der Waals surface area contributed by atoms with Crippen molar-refractivity contribution in [1.29, 1.82) is 0 Å². The molecule has 2 aromatic carbocycles. The van der Waals surface area contributed by atoms with E-state index in [1.165, 1.54) is 26.9 Å². The van der Waals surface area contributed by atoms with Gasteiger partial charge < -0.3 is 23.8 Å². The first kappa shape index (κ1) is 24.6. The van der Waals surface area contributed by atoms with Gasteiger partial charge in [-0.25, -0.2) is 4.79 Å². The molecular weight excluding hydrogens is 420 g/mol. The third-order valence-corrected chi connectivity index (χ3v) is 5.69. The molecule has 7 heteroatoms. The largest absolute Gasteiger partial charge is 0.493 e. The second-order valence-corrected chi connectivity index (χ2v) is 7.86. The van der Waals surface area contributed by atoms with Crippen molar-refractivity contribution in [3.63, 3.8) is 0 Å². The van der Waals surface area contributed by atoms with Crippen molar-refractivity contribution in [3.8, 4) is 17.2 Å². The molecule has 1 aliphatic heterocycles. The lowest BCUT2D eigenvalue weighted by molar-refractivity contribution is 0.0477. The highest BCUT2D eigenvalue weighted by atomic mass is 16.5. The molecule has 0 amide bonds. The van der Waals surface area contributed by atoms with Gasteiger partial charge in [0.2, 0.25) is 5.75 Å². The molecule has 33 heavy (non-hydrogen) atoms. The Morgan fingerprint density at radius 3 is 2.15 bits per heavy atom. The SMILES string of the molecule is COc1cc(C(=O)OCCCN2CCN(CC=Cc3ccccc3)CC2)cc(OC)c1OC. The molecule has 1 saturated heterocycles. The zero-order valence-electron chi connectivity index (χ0n) is 19.8. The molecular formula is C26H34N2O5. The van der Waals surface area contributed by atoms with Crippen molar-refractivity contribution in [1.82, 2.24) is 9.80 Å². The van der Waals surface area contributed by atoms with Gasteiger partial charge in [0, 0.05) is 39.3 Å². The Labute approximate surface area is 196 Å². The first-order chi connectivity index (χ1) is 16.1. The number of rotatable bonds is 11. The van der Waals surface area contributed by atoms with Gasteiger partial charge in [-0.15, -0.1) is 0 Å². The third kappa shape index (κ3) is 7.23. The van der Waals surface area contributed by atoms with Gasteiger partial charge in [0.1, 0.15) is 0 Å². The van der Waals surface area contributed by atoms with E-state index in [4.69, 9.17) is 18.9 Å². The van der Waals surface area contributed by atoms with Crippen molar-refractivity contribution in [2.45, 2.75) is 6.42 Å². The molecule has 0 radical (unpaired) electrons. The van der Waals surface area contributed by atoms with E-state index >= 15 is 0 Å². The summed E-state index contributed by atoms with van der Waals surface area (Å²) in [6, 6.07) is 13.6. The average molecular weight is 455 g/mol. The molecule has 0 saturated carbocycles. The van der Waals surface area contributed by atoms with Crippen LogP contribution in [0.15, 0.2) is 48.5 Å². The van der Waals surface area contributed by atoms with E-state index < -0.39 is 5.97 Å². The molecule has 0 unspecified atom stereocenters. The van der Waals surface area contributed by atoms with Gasteiger partial charge >= 0.3 is 5.97 Å². The quantitative estimate of drug-likeness (QED) is 0.380. The van der Waals surface area contributed by atoms with Crippen LogP contribution in [0.1, 0.15) is 22.3 Å². The number of ether oxygens (including phenoxy) is 4. The molecule has 0 bridgehead atoms. The molecule has 0 aliphatic carbocycles. The summed E-state index contributed by atoms with van der Waals surface area (Å²) in [7, 11) is 4.57. The van der Waals surface area contributed by atoms with Gasteiger partial charge in [0.05, 0.1) is 33.5 Å². The average Bonchev–Trinajstić information content (AvgIpc) is 2.87. The van der Waals surface area contributed by atoms with Gasteiger partial charge in [-0.1, -0.05) is 42.5 Å². The summed E-state index contributed by atoms with van der Waals surface area (Å²) >= 11 is 0. The number of benzene rings is 2. The predicted molar refractivity (Wildman–Crippen MR) is 129 cm³/mol. The summed E-state index contributed by atoms with van der Waals surface area (Å²) in [5.41, 5.74) is 1.61. The molecule has 0 N–H and O–H groups in total. The molecule has 0 atom stereocenters. The maximum atomic E-state index is 12.5. The summed E-state index contributed by atoms with van der Waals surface area (Å²) in [5, 5.41) is 0. The van der Waals surface area contributed by atoms with Crippen LogP contribution in [0.4, 0.5) is 0 Å². The minimum absolute atomic E-state index is 0.371. The molecule has 3 rings (SSSR count). The first-order valence-electron chi connectivity index (χ1n) is 11.3. The van der Waals surface area contributed by atoms with E-state index in [1.54, 1.807) is 12.1 Å². The zero-order valence-corrected chi connectivity index (χ0v) is 19.8. The second-order valence-electron chi connectivity index (χ2n) is 7.86. The molecule has 1 fully saturated rings. The lowest BCUT2D eigenvalue weighted by Crippen LogP contribution is -2.46. The molecule has 0 aromatic heterocycles. The highest BCUT2D eigenvalue weighted by Gasteiger charge is 2.19. The van der Waals surface area contributed by atoms with Crippen LogP contribution in [0, 0.1) is 0 Å². The molecule has 178 valence electrons. The Kier molecular flexibility index (Phi) is 9.59. The van der Waals surface area contributed by atoms with Crippen molar-refractivity contribution >= 4 is 12.0 Å². The summed E-state index contributed by atoms with van der Waals surface area (Å²) < 4.78 is 21.4. The van der Waals surface area contributed by atoms with Crippen molar-refractivity contribution in [2.24, 2.45) is 0 Å². The monoisotopic (exact) mass is 454 g/mol. The van der Waals surface area contributed by atoms with Crippen molar-refractivity contribution in [3.05, 3.63) is 59.7 Å². The molecule has 0 spiro atoms.